The maximum absolute atomic E-state index is 12.2. The van der Waals surface area contributed by atoms with Gasteiger partial charge in [-0.1, -0.05) is 41.4 Å². The van der Waals surface area contributed by atoms with Gasteiger partial charge in [0.15, 0.2) is 24.8 Å². The van der Waals surface area contributed by atoms with Crippen molar-refractivity contribution in [3.8, 4) is 0 Å². The second kappa shape index (κ2) is 13.9. The van der Waals surface area contributed by atoms with Crippen molar-refractivity contribution in [1.29, 1.82) is 0 Å². The summed E-state index contributed by atoms with van der Waals surface area (Å²) in [4.78, 5) is 60.4. The zero-order valence-electron chi connectivity index (χ0n) is 20.7. The van der Waals surface area contributed by atoms with Crippen LogP contribution in [0.15, 0.2) is 72.8 Å². The number of ether oxygens (including phenoxy) is 2. The van der Waals surface area contributed by atoms with Gasteiger partial charge in [-0.15, -0.1) is 0 Å². The molecule has 0 unspecified atom stereocenters. The number of Topliss-reactive ketones (excluding diaryl/α,β-unsaturated/α-hetero) is 2. The first-order valence-electron chi connectivity index (χ1n) is 11.8. The lowest BCUT2D eigenvalue weighted by Crippen LogP contribution is -2.16. The van der Waals surface area contributed by atoms with Crippen molar-refractivity contribution in [2.24, 2.45) is 0 Å². The Bertz CT molecular complexity index is 1300. The Morgan fingerprint density at radius 2 is 1.21 bits per heavy atom. The number of esters is 2. The van der Waals surface area contributed by atoms with Crippen LogP contribution >= 0.6 is 11.6 Å². The number of hydrogen-bond donors (Lipinski definition) is 1. The van der Waals surface area contributed by atoms with Gasteiger partial charge in [0.1, 0.15) is 0 Å². The van der Waals surface area contributed by atoms with E-state index in [1.165, 1.54) is 24.3 Å². The van der Waals surface area contributed by atoms with E-state index in [4.69, 9.17) is 21.1 Å². The molecule has 0 aliphatic carbocycles. The number of benzene rings is 3. The number of hydrogen-bond acceptors (Lipinski definition) is 7. The molecular formula is C29H26ClNO7. The highest BCUT2D eigenvalue weighted by atomic mass is 35.5. The van der Waals surface area contributed by atoms with E-state index < -0.39 is 11.9 Å². The van der Waals surface area contributed by atoms with Crippen LogP contribution < -0.4 is 5.32 Å². The number of ketones is 2. The standard InChI is InChI=1S/C29H26ClNO7/c1-19-5-7-20(8-6-19)26(33)18-38-29(36)22-11-15-24(16-12-22)31-27(34)3-2-4-28(35)37-17-25(32)21-9-13-23(30)14-10-21/h5-16H,2-4,17-18H2,1H3,(H,31,34). The van der Waals surface area contributed by atoms with Crippen LogP contribution in [0.4, 0.5) is 5.69 Å². The summed E-state index contributed by atoms with van der Waals surface area (Å²) in [6.45, 7) is 1.15. The lowest BCUT2D eigenvalue weighted by molar-refractivity contribution is -0.142. The minimum absolute atomic E-state index is 0.0204. The number of anilines is 1. The number of carbonyl (C=O) groups excluding carboxylic acids is 5. The highest BCUT2D eigenvalue weighted by molar-refractivity contribution is 6.30. The van der Waals surface area contributed by atoms with Crippen LogP contribution in [-0.2, 0) is 19.1 Å². The topological polar surface area (TPSA) is 116 Å². The fourth-order valence-electron chi connectivity index (χ4n) is 3.28. The summed E-state index contributed by atoms with van der Waals surface area (Å²) in [7, 11) is 0. The van der Waals surface area contributed by atoms with Crippen LogP contribution in [0.2, 0.25) is 5.02 Å². The molecule has 3 rings (SSSR count). The Labute approximate surface area is 224 Å². The number of carbonyl (C=O) groups is 5. The van der Waals surface area contributed by atoms with Crippen molar-refractivity contribution in [3.63, 3.8) is 0 Å². The molecule has 196 valence electrons. The quantitative estimate of drug-likeness (QED) is 0.249. The van der Waals surface area contributed by atoms with Crippen LogP contribution in [0.5, 0.6) is 0 Å². The molecule has 1 amide bonds. The van der Waals surface area contributed by atoms with Gasteiger partial charge in [-0.3, -0.25) is 19.2 Å². The van der Waals surface area contributed by atoms with Gasteiger partial charge in [0, 0.05) is 34.7 Å². The summed E-state index contributed by atoms with van der Waals surface area (Å²) < 4.78 is 10.1. The molecule has 0 aliphatic heterocycles. The van der Waals surface area contributed by atoms with Gasteiger partial charge in [0.05, 0.1) is 5.56 Å². The van der Waals surface area contributed by atoms with Crippen molar-refractivity contribution in [2.75, 3.05) is 18.5 Å². The van der Waals surface area contributed by atoms with E-state index in [2.05, 4.69) is 5.32 Å². The van der Waals surface area contributed by atoms with Crippen molar-refractivity contribution < 1.29 is 33.4 Å². The Morgan fingerprint density at radius 1 is 0.684 bits per heavy atom. The summed E-state index contributed by atoms with van der Waals surface area (Å²) >= 11 is 5.78. The van der Waals surface area contributed by atoms with Crippen LogP contribution in [0.1, 0.15) is 55.9 Å². The Kier molecular flexibility index (Phi) is 10.3. The smallest absolute Gasteiger partial charge is 0.338 e. The van der Waals surface area contributed by atoms with Crippen LogP contribution in [0.3, 0.4) is 0 Å². The molecule has 0 saturated heterocycles. The third kappa shape index (κ3) is 8.97. The maximum Gasteiger partial charge on any atom is 0.338 e. The van der Waals surface area contributed by atoms with Gasteiger partial charge in [0.2, 0.25) is 5.91 Å². The molecule has 3 aromatic carbocycles. The second-order valence-corrected chi connectivity index (χ2v) is 8.87. The summed E-state index contributed by atoms with van der Waals surface area (Å²) in [6.07, 6.45) is 0.276. The molecule has 1 N–H and O–H groups in total. The molecule has 38 heavy (non-hydrogen) atoms. The summed E-state index contributed by atoms with van der Waals surface area (Å²) in [5.41, 5.74) is 2.55. The first-order chi connectivity index (χ1) is 18.2. The van der Waals surface area contributed by atoms with Gasteiger partial charge in [0.25, 0.3) is 0 Å². The number of aryl methyl sites for hydroxylation is 1. The number of amides is 1. The van der Waals surface area contributed by atoms with E-state index in [0.29, 0.717) is 21.8 Å². The molecule has 0 bridgehead atoms. The molecule has 0 atom stereocenters. The van der Waals surface area contributed by atoms with Crippen molar-refractivity contribution in [2.45, 2.75) is 26.2 Å². The molecule has 0 spiro atoms. The van der Waals surface area contributed by atoms with Gasteiger partial charge in [-0.05, 0) is 61.9 Å². The summed E-state index contributed by atoms with van der Waals surface area (Å²) in [6, 6.07) is 19.2. The predicted octanol–water partition coefficient (Wildman–Crippen LogP) is 5.22. The van der Waals surface area contributed by atoms with Crippen LogP contribution in [0.25, 0.3) is 0 Å². The molecule has 0 radical (unpaired) electrons. The maximum atomic E-state index is 12.2. The third-order valence-corrected chi connectivity index (χ3v) is 5.68. The molecule has 0 saturated carbocycles. The van der Waals surface area contributed by atoms with Gasteiger partial charge in [-0.25, -0.2) is 4.79 Å². The van der Waals surface area contributed by atoms with Gasteiger partial charge >= 0.3 is 11.9 Å². The van der Waals surface area contributed by atoms with Gasteiger partial charge < -0.3 is 14.8 Å². The van der Waals surface area contributed by atoms with E-state index in [9.17, 15) is 24.0 Å². The Hall–Kier alpha value is -4.30. The minimum Gasteiger partial charge on any atom is -0.457 e. The molecule has 0 fully saturated rings. The fourth-order valence-corrected chi connectivity index (χ4v) is 3.41. The lowest BCUT2D eigenvalue weighted by Gasteiger charge is -2.08. The first-order valence-corrected chi connectivity index (χ1v) is 12.2. The van der Waals surface area contributed by atoms with Crippen molar-refractivity contribution in [1.82, 2.24) is 0 Å². The van der Waals surface area contributed by atoms with E-state index in [0.717, 1.165) is 5.56 Å². The Balaban J connectivity index is 1.34. The zero-order valence-corrected chi connectivity index (χ0v) is 21.5. The van der Waals surface area contributed by atoms with E-state index >= 15 is 0 Å². The molecule has 0 aliphatic rings. The average molecular weight is 536 g/mol. The number of nitrogens with one attached hydrogen (secondary N) is 1. The molecule has 3 aromatic rings. The van der Waals surface area contributed by atoms with Crippen LogP contribution in [-0.4, -0.2) is 42.6 Å². The monoisotopic (exact) mass is 535 g/mol. The number of rotatable bonds is 12. The average Bonchev–Trinajstić information content (AvgIpc) is 2.91. The normalized spacial score (nSPS) is 10.4. The van der Waals surface area contributed by atoms with Gasteiger partial charge in [-0.2, -0.15) is 0 Å². The second-order valence-electron chi connectivity index (χ2n) is 8.44. The largest absolute Gasteiger partial charge is 0.457 e. The van der Waals surface area contributed by atoms with E-state index in [1.807, 2.05) is 6.92 Å². The zero-order chi connectivity index (χ0) is 27.5. The molecule has 0 heterocycles. The summed E-state index contributed by atoms with van der Waals surface area (Å²) in [5.74, 6) is -2.22. The highest BCUT2D eigenvalue weighted by Gasteiger charge is 2.13. The highest BCUT2D eigenvalue weighted by Crippen LogP contribution is 2.13. The predicted molar refractivity (Wildman–Crippen MR) is 141 cm³/mol. The van der Waals surface area contributed by atoms with Crippen LogP contribution in [0, 0.1) is 6.92 Å². The molecule has 9 heteroatoms. The Morgan fingerprint density at radius 3 is 1.82 bits per heavy atom. The van der Waals surface area contributed by atoms with E-state index in [1.54, 1.807) is 48.5 Å². The SMILES string of the molecule is Cc1ccc(C(=O)COC(=O)c2ccc(NC(=O)CCCC(=O)OCC(=O)c3ccc(Cl)cc3)cc2)cc1. The summed E-state index contributed by atoms with van der Waals surface area (Å²) in [5, 5.41) is 3.17. The third-order valence-electron chi connectivity index (χ3n) is 5.43. The lowest BCUT2D eigenvalue weighted by atomic mass is 10.1. The first kappa shape index (κ1) is 28.3. The molecule has 0 aromatic heterocycles. The minimum atomic E-state index is -0.656. The molecule has 8 nitrogen and oxygen atoms in total. The number of halogens is 1. The fraction of sp³-hybridized carbons (Fsp3) is 0.207. The van der Waals surface area contributed by atoms with Crippen molar-refractivity contribution in [3.05, 3.63) is 100 Å². The van der Waals surface area contributed by atoms with E-state index in [-0.39, 0.29) is 55.5 Å². The molecular weight excluding hydrogens is 510 g/mol. The van der Waals surface area contributed by atoms with Crippen molar-refractivity contribution >= 4 is 46.7 Å².